The molecule has 0 saturated heterocycles. The molecule has 0 amide bonds. The molecular formula is C17H20N2. The number of hydrogen-bond donors (Lipinski definition) is 1. The second kappa shape index (κ2) is 5.14. The molecule has 1 aromatic carbocycles. The highest BCUT2D eigenvalue weighted by Crippen LogP contribution is 2.37. The third-order valence-corrected chi connectivity index (χ3v) is 4.13. The molecule has 0 spiro atoms. The van der Waals surface area contributed by atoms with Gasteiger partial charge < -0.3 is 5.73 Å². The molecule has 1 heterocycles. The summed E-state index contributed by atoms with van der Waals surface area (Å²) in [6.45, 7) is 2.10. The second-order valence-electron chi connectivity index (χ2n) is 5.48. The predicted octanol–water partition coefficient (Wildman–Crippen LogP) is 3.51. The van der Waals surface area contributed by atoms with E-state index < -0.39 is 0 Å². The summed E-state index contributed by atoms with van der Waals surface area (Å²) in [5.41, 5.74) is 11.6. The first-order chi connectivity index (χ1) is 9.25. The van der Waals surface area contributed by atoms with Crippen molar-refractivity contribution in [1.82, 2.24) is 4.98 Å². The van der Waals surface area contributed by atoms with Crippen molar-refractivity contribution >= 4 is 0 Å². The highest BCUT2D eigenvalue weighted by molar-refractivity contribution is 5.32. The van der Waals surface area contributed by atoms with Crippen molar-refractivity contribution in [2.45, 2.75) is 38.1 Å². The lowest BCUT2D eigenvalue weighted by atomic mass is 9.80. The molecule has 0 aliphatic heterocycles. The standard InChI is InChI=1S/C17H20N2/c1-12-7-9-13(10-8-12)16(18)15-6-2-4-14-5-3-11-19-17(14)15/h3,5,7-11,15-16H,2,4,6,18H2,1H3. The summed E-state index contributed by atoms with van der Waals surface area (Å²) >= 11 is 0. The lowest BCUT2D eigenvalue weighted by Crippen LogP contribution is -2.24. The van der Waals surface area contributed by atoms with E-state index in [-0.39, 0.29) is 6.04 Å². The van der Waals surface area contributed by atoms with Crippen LogP contribution in [0, 0.1) is 6.92 Å². The third-order valence-electron chi connectivity index (χ3n) is 4.13. The summed E-state index contributed by atoms with van der Waals surface area (Å²) in [6, 6.07) is 12.8. The largest absolute Gasteiger partial charge is 0.323 e. The summed E-state index contributed by atoms with van der Waals surface area (Å²) in [7, 11) is 0. The first-order valence-electron chi connectivity index (χ1n) is 7.01. The van der Waals surface area contributed by atoms with Crippen molar-refractivity contribution in [3.05, 3.63) is 65.0 Å². The third kappa shape index (κ3) is 2.41. The maximum Gasteiger partial charge on any atom is 0.0485 e. The normalized spacial score (nSPS) is 19.8. The zero-order chi connectivity index (χ0) is 13.2. The summed E-state index contributed by atoms with van der Waals surface area (Å²) in [5, 5.41) is 0. The summed E-state index contributed by atoms with van der Waals surface area (Å²) in [6.07, 6.45) is 5.38. The fraction of sp³-hybridized carbons (Fsp3) is 0.353. The number of aryl methyl sites for hydroxylation is 2. The maximum absolute atomic E-state index is 6.49. The Kier molecular flexibility index (Phi) is 3.34. The van der Waals surface area contributed by atoms with Crippen LogP contribution in [0.2, 0.25) is 0 Å². The van der Waals surface area contributed by atoms with Crippen LogP contribution >= 0.6 is 0 Å². The lowest BCUT2D eigenvalue weighted by molar-refractivity contribution is 0.463. The zero-order valence-electron chi connectivity index (χ0n) is 11.3. The van der Waals surface area contributed by atoms with Gasteiger partial charge in [0.2, 0.25) is 0 Å². The van der Waals surface area contributed by atoms with E-state index in [0.29, 0.717) is 5.92 Å². The van der Waals surface area contributed by atoms with Crippen LogP contribution in [0.15, 0.2) is 42.6 Å². The Morgan fingerprint density at radius 1 is 1.21 bits per heavy atom. The molecule has 1 aromatic heterocycles. The second-order valence-corrected chi connectivity index (χ2v) is 5.48. The molecule has 0 saturated carbocycles. The molecule has 2 atom stereocenters. The van der Waals surface area contributed by atoms with Gasteiger partial charge in [-0.2, -0.15) is 0 Å². The minimum absolute atomic E-state index is 0.0505. The van der Waals surface area contributed by atoms with Gasteiger partial charge in [-0.15, -0.1) is 0 Å². The van der Waals surface area contributed by atoms with E-state index in [1.165, 1.54) is 28.8 Å². The van der Waals surface area contributed by atoms with Gasteiger partial charge in [0.25, 0.3) is 0 Å². The van der Waals surface area contributed by atoms with Crippen molar-refractivity contribution in [2.75, 3.05) is 0 Å². The van der Waals surface area contributed by atoms with Crippen LogP contribution in [0.5, 0.6) is 0 Å². The van der Waals surface area contributed by atoms with E-state index in [1.807, 2.05) is 12.3 Å². The smallest absolute Gasteiger partial charge is 0.0485 e. The number of fused-ring (bicyclic) bond motifs is 1. The van der Waals surface area contributed by atoms with Crippen molar-refractivity contribution in [1.29, 1.82) is 0 Å². The number of pyridine rings is 1. The Hall–Kier alpha value is -1.67. The minimum atomic E-state index is 0.0505. The molecule has 19 heavy (non-hydrogen) atoms. The zero-order valence-corrected chi connectivity index (χ0v) is 11.3. The number of aromatic nitrogens is 1. The minimum Gasteiger partial charge on any atom is -0.323 e. The van der Waals surface area contributed by atoms with E-state index in [1.54, 1.807) is 0 Å². The van der Waals surface area contributed by atoms with E-state index in [9.17, 15) is 0 Å². The van der Waals surface area contributed by atoms with Crippen LogP contribution in [0.25, 0.3) is 0 Å². The van der Waals surface area contributed by atoms with Crippen molar-refractivity contribution in [3.63, 3.8) is 0 Å². The number of nitrogens with two attached hydrogens (primary N) is 1. The van der Waals surface area contributed by atoms with E-state index in [2.05, 4.69) is 42.2 Å². The van der Waals surface area contributed by atoms with Gasteiger partial charge in [0.1, 0.15) is 0 Å². The molecule has 2 unspecified atom stereocenters. The van der Waals surface area contributed by atoms with Gasteiger partial charge in [-0.25, -0.2) is 0 Å². The van der Waals surface area contributed by atoms with Gasteiger partial charge in [-0.05, 0) is 43.4 Å². The summed E-state index contributed by atoms with van der Waals surface area (Å²) in [4.78, 5) is 4.58. The predicted molar refractivity (Wildman–Crippen MR) is 78.0 cm³/mol. The fourth-order valence-electron chi connectivity index (χ4n) is 3.02. The number of rotatable bonds is 2. The first-order valence-corrected chi connectivity index (χ1v) is 7.01. The molecule has 2 heteroatoms. The van der Waals surface area contributed by atoms with Gasteiger partial charge in [-0.1, -0.05) is 35.9 Å². The molecular weight excluding hydrogens is 232 g/mol. The molecule has 98 valence electrons. The molecule has 1 aliphatic carbocycles. The van der Waals surface area contributed by atoms with Gasteiger partial charge in [0.05, 0.1) is 0 Å². The molecule has 0 bridgehead atoms. The van der Waals surface area contributed by atoms with Crippen LogP contribution in [0.3, 0.4) is 0 Å². The van der Waals surface area contributed by atoms with Crippen molar-refractivity contribution in [2.24, 2.45) is 5.73 Å². The first kappa shape index (κ1) is 12.4. The van der Waals surface area contributed by atoms with E-state index in [0.717, 1.165) is 12.8 Å². The van der Waals surface area contributed by atoms with Crippen molar-refractivity contribution in [3.8, 4) is 0 Å². The van der Waals surface area contributed by atoms with Gasteiger partial charge in [0, 0.05) is 23.9 Å². The number of benzene rings is 1. The van der Waals surface area contributed by atoms with Crippen LogP contribution in [-0.4, -0.2) is 4.98 Å². The summed E-state index contributed by atoms with van der Waals surface area (Å²) < 4.78 is 0. The monoisotopic (exact) mass is 252 g/mol. The molecule has 2 aromatic rings. The maximum atomic E-state index is 6.49. The lowest BCUT2D eigenvalue weighted by Gasteiger charge is -2.29. The number of nitrogens with zero attached hydrogens (tertiary/aromatic N) is 1. The topological polar surface area (TPSA) is 38.9 Å². The quantitative estimate of drug-likeness (QED) is 0.888. The highest BCUT2D eigenvalue weighted by Gasteiger charge is 2.27. The molecule has 3 rings (SSSR count). The average Bonchev–Trinajstić information content (AvgIpc) is 2.47. The molecule has 2 nitrogen and oxygen atoms in total. The Morgan fingerprint density at radius 3 is 2.79 bits per heavy atom. The van der Waals surface area contributed by atoms with Crippen LogP contribution in [-0.2, 0) is 6.42 Å². The van der Waals surface area contributed by atoms with E-state index >= 15 is 0 Å². The molecule has 0 radical (unpaired) electrons. The fourth-order valence-corrected chi connectivity index (χ4v) is 3.02. The Bertz CT molecular complexity index is 560. The highest BCUT2D eigenvalue weighted by atomic mass is 14.7. The molecule has 2 N–H and O–H groups in total. The van der Waals surface area contributed by atoms with Crippen LogP contribution < -0.4 is 5.73 Å². The SMILES string of the molecule is Cc1ccc(C(N)C2CCCc3cccnc32)cc1. The average molecular weight is 252 g/mol. The molecule has 1 aliphatic rings. The van der Waals surface area contributed by atoms with Crippen LogP contribution in [0.4, 0.5) is 0 Å². The Morgan fingerprint density at radius 2 is 2.00 bits per heavy atom. The number of hydrogen-bond acceptors (Lipinski definition) is 2. The Labute approximate surface area is 114 Å². The summed E-state index contributed by atoms with van der Waals surface area (Å²) in [5.74, 6) is 0.354. The Balaban J connectivity index is 1.92. The van der Waals surface area contributed by atoms with Gasteiger partial charge in [0.15, 0.2) is 0 Å². The molecule has 0 fully saturated rings. The van der Waals surface area contributed by atoms with Crippen LogP contribution in [0.1, 0.15) is 47.2 Å². The van der Waals surface area contributed by atoms with E-state index in [4.69, 9.17) is 5.73 Å². The van der Waals surface area contributed by atoms with Gasteiger partial charge in [-0.3, -0.25) is 4.98 Å². The van der Waals surface area contributed by atoms with Crippen molar-refractivity contribution < 1.29 is 0 Å². The van der Waals surface area contributed by atoms with Gasteiger partial charge >= 0.3 is 0 Å².